The molecule has 6 heteroatoms. The SMILES string of the molecule is COc1cccc(-c2ccc3oc([C@@H]4CCCN4C(=O)c4ccccc4Cl)nc3c2)c1. The summed E-state index contributed by atoms with van der Waals surface area (Å²) >= 11 is 6.26. The van der Waals surface area contributed by atoms with Crippen molar-refractivity contribution in [2.45, 2.75) is 18.9 Å². The normalized spacial score (nSPS) is 16.1. The first-order valence-electron chi connectivity index (χ1n) is 10.2. The van der Waals surface area contributed by atoms with Gasteiger partial charge >= 0.3 is 0 Å². The highest BCUT2D eigenvalue weighted by atomic mass is 35.5. The van der Waals surface area contributed by atoms with Crippen LogP contribution in [-0.4, -0.2) is 29.4 Å². The Bertz CT molecular complexity index is 1270. The van der Waals surface area contributed by atoms with Crippen LogP contribution in [0, 0.1) is 0 Å². The van der Waals surface area contributed by atoms with Crippen LogP contribution in [-0.2, 0) is 0 Å². The average Bonchev–Trinajstić information content (AvgIpc) is 3.45. The number of hydrogen-bond donors (Lipinski definition) is 0. The molecule has 0 saturated carbocycles. The van der Waals surface area contributed by atoms with Crippen molar-refractivity contribution < 1.29 is 13.9 Å². The molecule has 1 fully saturated rings. The van der Waals surface area contributed by atoms with E-state index < -0.39 is 0 Å². The number of likely N-dealkylation sites (tertiary alicyclic amines) is 1. The van der Waals surface area contributed by atoms with Crippen molar-refractivity contribution in [3.05, 3.63) is 83.2 Å². The largest absolute Gasteiger partial charge is 0.497 e. The first-order valence-corrected chi connectivity index (χ1v) is 10.6. The van der Waals surface area contributed by atoms with Gasteiger partial charge in [0.05, 0.1) is 17.7 Å². The maximum Gasteiger partial charge on any atom is 0.256 e. The fourth-order valence-corrected chi connectivity index (χ4v) is 4.34. The van der Waals surface area contributed by atoms with Crippen LogP contribution in [0.25, 0.3) is 22.2 Å². The second kappa shape index (κ2) is 8.08. The van der Waals surface area contributed by atoms with Gasteiger partial charge in [0.25, 0.3) is 5.91 Å². The Hall–Kier alpha value is -3.31. The van der Waals surface area contributed by atoms with Crippen molar-refractivity contribution in [2.75, 3.05) is 13.7 Å². The topological polar surface area (TPSA) is 55.6 Å². The Morgan fingerprint density at radius 3 is 2.77 bits per heavy atom. The van der Waals surface area contributed by atoms with E-state index in [9.17, 15) is 4.79 Å². The summed E-state index contributed by atoms with van der Waals surface area (Å²) < 4.78 is 11.4. The molecule has 31 heavy (non-hydrogen) atoms. The quantitative estimate of drug-likeness (QED) is 0.389. The van der Waals surface area contributed by atoms with E-state index in [-0.39, 0.29) is 11.9 Å². The Balaban J connectivity index is 1.47. The Labute approximate surface area is 185 Å². The number of rotatable bonds is 4. The number of oxazole rings is 1. The molecule has 1 aliphatic rings. The van der Waals surface area contributed by atoms with E-state index in [1.807, 2.05) is 59.5 Å². The number of carbonyl (C=O) groups excluding carboxylic acids is 1. The van der Waals surface area contributed by atoms with Crippen molar-refractivity contribution >= 4 is 28.6 Å². The van der Waals surface area contributed by atoms with Crippen LogP contribution in [0.15, 0.2) is 71.1 Å². The lowest BCUT2D eigenvalue weighted by Crippen LogP contribution is -2.30. The maximum atomic E-state index is 13.1. The minimum absolute atomic E-state index is 0.0903. The summed E-state index contributed by atoms with van der Waals surface area (Å²) in [6.45, 7) is 0.655. The highest BCUT2D eigenvalue weighted by molar-refractivity contribution is 6.33. The van der Waals surface area contributed by atoms with Gasteiger partial charge in [0, 0.05) is 6.54 Å². The van der Waals surface area contributed by atoms with Gasteiger partial charge < -0.3 is 14.1 Å². The number of hydrogen-bond acceptors (Lipinski definition) is 4. The lowest BCUT2D eigenvalue weighted by molar-refractivity contribution is 0.0717. The standard InChI is InChI=1S/C25H21ClN2O3/c1-30-18-7-4-6-16(14-18)17-11-12-23-21(15-17)27-24(31-23)22-10-5-13-28(22)25(29)19-8-2-3-9-20(19)26/h2-4,6-9,11-12,14-15,22H,5,10,13H2,1H3/t22-/m0/s1. The lowest BCUT2D eigenvalue weighted by Gasteiger charge is -2.22. The van der Waals surface area contributed by atoms with Crippen molar-refractivity contribution in [2.24, 2.45) is 0 Å². The Morgan fingerprint density at radius 2 is 1.94 bits per heavy atom. The predicted molar refractivity (Wildman–Crippen MR) is 120 cm³/mol. The first kappa shape index (κ1) is 19.6. The summed E-state index contributed by atoms with van der Waals surface area (Å²) in [5.41, 5.74) is 4.06. The molecule has 0 radical (unpaired) electrons. The monoisotopic (exact) mass is 432 g/mol. The average molecular weight is 433 g/mol. The predicted octanol–water partition coefficient (Wildman–Crippen LogP) is 6.13. The molecule has 1 aromatic heterocycles. The van der Waals surface area contributed by atoms with E-state index in [4.69, 9.17) is 25.7 Å². The molecule has 1 atom stereocenters. The summed E-state index contributed by atoms with van der Waals surface area (Å²) in [5, 5.41) is 0.457. The number of halogens is 1. The van der Waals surface area contributed by atoms with Crippen LogP contribution in [0.3, 0.4) is 0 Å². The number of methoxy groups -OCH3 is 1. The number of amides is 1. The smallest absolute Gasteiger partial charge is 0.256 e. The van der Waals surface area contributed by atoms with Gasteiger partial charge in [-0.15, -0.1) is 0 Å². The molecule has 0 aliphatic carbocycles. The van der Waals surface area contributed by atoms with E-state index in [0.29, 0.717) is 28.6 Å². The van der Waals surface area contributed by atoms with Crippen molar-refractivity contribution in [1.82, 2.24) is 9.88 Å². The molecule has 5 rings (SSSR count). The Morgan fingerprint density at radius 1 is 1.10 bits per heavy atom. The van der Waals surface area contributed by atoms with E-state index in [0.717, 1.165) is 35.2 Å². The van der Waals surface area contributed by atoms with Crippen LogP contribution in [0.5, 0.6) is 5.75 Å². The zero-order chi connectivity index (χ0) is 21.4. The molecule has 4 aromatic rings. The molecule has 0 spiro atoms. The van der Waals surface area contributed by atoms with Gasteiger partial charge in [0.15, 0.2) is 5.58 Å². The fraction of sp³-hybridized carbons (Fsp3) is 0.200. The zero-order valence-electron chi connectivity index (χ0n) is 17.0. The first-order chi connectivity index (χ1) is 15.1. The third-order valence-corrected chi connectivity index (χ3v) is 6.04. The minimum atomic E-state index is -0.198. The van der Waals surface area contributed by atoms with Crippen molar-refractivity contribution in [3.8, 4) is 16.9 Å². The van der Waals surface area contributed by atoms with Gasteiger partial charge in [-0.3, -0.25) is 4.79 Å². The van der Waals surface area contributed by atoms with Crippen molar-refractivity contribution in [1.29, 1.82) is 0 Å². The molecular weight excluding hydrogens is 412 g/mol. The molecule has 0 N–H and O–H groups in total. The number of nitrogens with zero attached hydrogens (tertiary/aromatic N) is 2. The molecule has 2 heterocycles. The van der Waals surface area contributed by atoms with Gasteiger partial charge in [-0.05, 0) is 60.4 Å². The van der Waals surface area contributed by atoms with Gasteiger partial charge in [0.2, 0.25) is 5.89 Å². The van der Waals surface area contributed by atoms with E-state index in [2.05, 4.69) is 0 Å². The molecule has 1 aliphatic heterocycles. The lowest BCUT2D eigenvalue weighted by atomic mass is 10.1. The van der Waals surface area contributed by atoms with Gasteiger partial charge in [-0.1, -0.05) is 41.9 Å². The second-order valence-corrected chi connectivity index (χ2v) is 8.01. The highest BCUT2D eigenvalue weighted by Crippen LogP contribution is 2.36. The number of benzene rings is 3. The van der Waals surface area contributed by atoms with Gasteiger partial charge in [-0.25, -0.2) is 4.98 Å². The number of ether oxygens (including phenoxy) is 1. The van der Waals surface area contributed by atoms with Crippen LogP contribution in [0.4, 0.5) is 0 Å². The molecule has 0 unspecified atom stereocenters. The van der Waals surface area contributed by atoms with E-state index in [1.54, 1.807) is 19.2 Å². The second-order valence-electron chi connectivity index (χ2n) is 7.60. The number of fused-ring (bicyclic) bond motifs is 1. The van der Waals surface area contributed by atoms with Gasteiger partial charge in [-0.2, -0.15) is 0 Å². The molecule has 3 aromatic carbocycles. The van der Waals surface area contributed by atoms with E-state index in [1.165, 1.54) is 0 Å². The number of aromatic nitrogens is 1. The van der Waals surface area contributed by atoms with Gasteiger partial charge in [0.1, 0.15) is 17.3 Å². The van der Waals surface area contributed by atoms with Crippen LogP contribution in [0.1, 0.15) is 35.1 Å². The summed E-state index contributed by atoms with van der Waals surface area (Å²) in [6, 6.07) is 20.8. The minimum Gasteiger partial charge on any atom is -0.497 e. The molecule has 1 amide bonds. The molecule has 1 saturated heterocycles. The van der Waals surface area contributed by atoms with Crippen LogP contribution >= 0.6 is 11.6 Å². The zero-order valence-corrected chi connectivity index (χ0v) is 17.8. The summed E-state index contributed by atoms with van der Waals surface area (Å²) in [5.74, 6) is 1.28. The summed E-state index contributed by atoms with van der Waals surface area (Å²) in [7, 11) is 1.66. The fourth-order valence-electron chi connectivity index (χ4n) is 4.13. The van der Waals surface area contributed by atoms with Crippen LogP contribution < -0.4 is 4.74 Å². The third-order valence-electron chi connectivity index (χ3n) is 5.71. The Kier molecular flexibility index (Phi) is 5.12. The maximum absolute atomic E-state index is 13.1. The highest BCUT2D eigenvalue weighted by Gasteiger charge is 2.34. The molecule has 156 valence electrons. The molecular formula is C25H21ClN2O3. The third kappa shape index (κ3) is 3.66. The molecule has 0 bridgehead atoms. The number of carbonyl (C=O) groups is 1. The summed E-state index contributed by atoms with van der Waals surface area (Å²) in [6.07, 6.45) is 1.71. The summed E-state index contributed by atoms with van der Waals surface area (Å²) in [4.78, 5) is 19.7. The molecule has 5 nitrogen and oxygen atoms in total. The van der Waals surface area contributed by atoms with Crippen molar-refractivity contribution in [3.63, 3.8) is 0 Å². The van der Waals surface area contributed by atoms with E-state index >= 15 is 0 Å². The van der Waals surface area contributed by atoms with Crippen LogP contribution in [0.2, 0.25) is 5.02 Å².